The lowest BCUT2D eigenvalue weighted by atomic mass is 10.1. The molecule has 0 aromatic heterocycles. The molecule has 0 saturated carbocycles. The van der Waals surface area contributed by atoms with E-state index in [1.54, 1.807) is 6.07 Å². The van der Waals surface area contributed by atoms with Crippen LogP contribution in [0.15, 0.2) is 18.2 Å². The Kier molecular flexibility index (Phi) is 4.12. The number of rotatable bonds is 3. The maximum atomic E-state index is 11.8. The molecule has 1 aromatic rings. The number of hydrogen-bond acceptors (Lipinski definition) is 5. The predicted molar refractivity (Wildman–Crippen MR) is 77.0 cm³/mol. The minimum atomic E-state index is -3.07. The van der Waals surface area contributed by atoms with Crippen LogP contribution < -0.4 is 10.6 Å². The molecule has 2 N–H and O–H groups in total. The number of carbonyl (C=O) groups excluding carboxylic acids is 1. The second kappa shape index (κ2) is 5.68. The molecule has 8 nitrogen and oxygen atoms in total. The van der Waals surface area contributed by atoms with E-state index in [0.29, 0.717) is 17.7 Å². The van der Waals surface area contributed by atoms with Gasteiger partial charge in [0, 0.05) is 12.1 Å². The average Bonchev–Trinajstić information content (AvgIpc) is 2.70. The van der Waals surface area contributed by atoms with Crippen molar-refractivity contribution in [3.8, 4) is 0 Å². The van der Waals surface area contributed by atoms with Gasteiger partial charge in [-0.3, -0.25) is 10.1 Å². The fourth-order valence-corrected chi connectivity index (χ4v) is 3.88. The van der Waals surface area contributed by atoms with Crippen LogP contribution >= 0.6 is 0 Å². The van der Waals surface area contributed by atoms with Crippen LogP contribution in [0.5, 0.6) is 0 Å². The third-order valence-corrected chi connectivity index (χ3v) is 5.09. The maximum Gasteiger partial charge on any atom is 0.319 e. The molecule has 1 aliphatic heterocycles. The van der Waals surface area contributed by atoms with Crippen molar-refractivity contribution >= 4 is 27.2 Å². The van der Waals surface area contributed by atoms with E-state index in [-0.39, 0.29) is 17.2 Å². The molecular formula is C12H15N3O5S. The third-order valence-electron chi connectivity index (χ3n) is 3.32. The Hall–Kier alpha value is -2.16. The number of benzene rings is 1. The molecule has 1 unspecified atom stereocenters. The summed E-state index contributed by atoms with van der Waals surface area (Å²) in [7, 11) is -3.07. The number of amides is 2. The van der Waals surface area contributed by atoms with Gasteiger partial charge in [-0.15, -0.1) is 0 Å². The standard InChI is InChI=1S/C12H15N3O5S/c1-8-10(3-2-4-11(8)15(17)18)14-12(16)13-9-5-6-21(19,20)7-9/h2-4,9H,5-7H2,1H3,(H2,13,14,16). The van der Waals surface area contributed by atoms with E-state index in [9.17, 15) is 23.3 Å². The Balaban J connectivity index is 2.04. The summed E-state index contributed by atoms with van der Waals surface area (Å²) in [5.74, 6) is -0.0118. The van der Waals surface area contributed by atoms with E-state index in [1.807, 2.05) is 0 Å². The molecule has 2 amide bonds. The van der Waals surface area contributed by atoms with Gasteiger partial charge in [0.05, 0.1) is 27.7 Å². The zero-order valence-corrected chi connectivity index (χ0v) is 12.1. The van der Waals surface area contributed by atoms with E-state index in [0.717, 1.165) is 0 Å². The van der Waals surface area contributed by atoms with Gasteiger partial charge < -0.3 is 10.6 Å². The summed E-state index contributed by atoms with van der Waals surface area (Å²) in [6.07, 6.45) is 0.379. The SMILES string of the molecule is Cc1c(NC(=O)NC2CCS(=O)(=O)C2)cccc1[N+](=O)[O-]. The number of anilines is 1. The molecule has 1 aromatic carbocycles. The number of nitro groups is 1. The zero-order chi connectivity index (χ0) is 15.6. The van der Waals surface area contributed by atoms with Gasteiger partial charge in [-0.1, -0.05) is 6.07 Å². The first-order chi connectivity index (χ1) is 9.78. The fourth-order valence-electron chi connectivity index (χ4n) is 2.21. The van der Waals surface area contributed by atoms with Gasteiger partial charge in [-0.25, -0.2) is 13.2 Å². The van der Waals surface area contributed by atoms with Crippen molar-refractivity contribution in [2.75, 3.05) is 16.8 Å². The first-order valence-electron chi connectivity index (χ1n) is 6.30. The van der Waals surface area contributed by atoms with Gasteiger partial charge in [-0.2, -0.15) is 0 Å². The normalized spacial score (nSPS) is 20.0. The second-order valence-electron chi connectivity index (χ2n) is 4.91. The van der Waals surface area contributed by atoms with E-state index >= 15 is 0 Å². The number of nitro benzene ring substituents is 1. The molecule has 0 bridgehead atoms. The first-order valence-corrected chi connectivity index (χ1v) is 8.12. The zero-order valence-electron chi connectivity index (χ0n) is 11.3. The molecule has 1 heterocycles. The van der Waals surface area contributed by atoms with Crippen LogP contribution in [0.25, 0.3) is 0 Å². The van der Waals surface area contributed by atoms with Crippen molar-refractivity contribution in [1.82, 2.24) is 5.32 Å². The lowest BCUT2D eigenvalue weighted by Gasteiger charge is -2.13. The first kappa shape index (κ1) is 15.2. The van der Waals surface area contributed by atoms with Crippen molar-refractivity contribution in [2.24, 2.45) is 0 Å². The van der Waals surface area contributed by atoms with Crippen molar-refractivity contribution in [3.05, 3.63) is 33.9 Å². The van der Waals surface area contributed by atoms with E-state index in [4.69, 9.17) is 0 Å². The van der Waals surface area contributed by atoms with Crippen LogP contribution in [-0.4, -0.2) is 36.9 Å². The Morgan fingerprint density at radius 3 is 2.71 bits per heavy atom. The molecule has 0 spiro atoms. The molecule has 1 aliphatic rings. The summed E-state index contributed by atoms with van der Waals surface area (Å²) in [6, 6.07) is 3.38. The van der Waals surface area contributed by atoms with E-state index < -0.39 is 26.8 Å². The van der Waals surface area contributed by atoms with Gasteiger partial charge in [-0.05, 0) is 19.4 Å². The molecule has 21 heavy (non-hydrogen) atoms. The minimum Gasteiger partial charge on any atom is -0.334 e. The largest absolute Gasteiger partial charge is 0.334 e. The molecule has 2 rings (SSSR count). The number of carbonyl (C=O) groups is 1. The molecule has 114 valence electrons. The Morgan fingerprint density at radius 1 is 1.43 bits per heavy atom. The summed E-state index contributed by atoms with van der Waals surface area (Å²) < 4.78 is 22.6. The molecule has 0 aliphatic carbocycles. The highest BCUT2D eigenvalue weighted by Gasteiger charge is 2.29. The lowest BCUT2D eigenvalue weighted by Crippen LogP contribution is -2.38. The second-order valence-corrected chi connectivity index (χ2v) is 7.13. The van der Waals surface area contributed by atoms with Crippen LogP contribution in [0.3, 0.4) is 0 Å². The van der Waals surface area contributed by atoms with Crippen LogP contribution in [0, 0.1) is 17.0 Å². The highest BCUT2D eigenvalue weighted by Crippen LogP contribution is 2.25. The van der Waals surface area contributed by atoms with Gasteiger partial charge in [0.2, 0.25) is 0 Å². The third kappa shape index (κ3) is 3.69. The van der Waals surface area contributed by atoms with E-state index in [1.165, 1.54) is 19.1 Å². The van der Waals surface area contributed by atoms with Crippen LogP contribution in [-0.2, 0) is 9.84 Å². The van der Waals surface area contributed by atoms with Crippen LogP contribution in [0.4, 0.5) is 16.2 Å². The number of nitrogens with zero attached hydrogens (tertiary/aromatic N) is 1. The molecule has 1 fully saturated rings. The van der Waals surface area contributed by atoms with Crippen LogP contribution in [0.2, 0.25) is 0 Å². The predicted octanol–water partition coefficient (Wildman–Crippen LogP) is 1.21. The highest BCUT2D eigenvalue weighted by molar-refractivity contribution is 7.91. The molecule has 0 radical (unpaired) electrons. The summed E-state index contributed by atoms with van der Waals surface area (Å²) in [5.41, 5.74) is 0.579. The Bertz CT molecular complexity index is 686. The maximum absolute atomic E-state index is 11.8. The van der Waals surface area contributed by atoms with Gasteiger partial charge in [0.25, 0.3) is 5.69 Å². The fraction of sp³-hybridized carbons (Fsp3) is 0.417. The number of sulfone groups is 1. The quantitative estimate of drug-likeness (QED) is 0.642. The topological polar surface area (TPSA) is 118 Å². The average molecular weight is 313 g/mol. The van der Waals surface area contributed by atoms with Crippen molar-refractivity contribution in [1.29, 1.82) is 0 Å². The van der Waals surface area contributed by atoms with Gasteiger partial charge >= 0.3 is 6.03 Å². The summed E-state index contributed by atoms with van der Waals surface area (Å²) in [6.45, 7) is 1.54. The van der Waals surface area contributed by atoms with Gasteiger partial charge in [0.1, 0.15) is 0 Å². The number of hydrogen-bond donors (Lipinski definition) is 2. The molecule has 1 saturated heterocycles. The summed E-state index contributed by atoms with van der Waals surface area (Å²) in [5, 5.41) is 15.9. The Labute approximate surface area is 121 Å². The molecule has 1 atom stereocenters. The minimum absolute atomic E-state index is 0.0633. The molecular weight excluding hydrogens is 298 g/mol. The lowest BCUT2D eigenvalue weighted by molar-refractivity contribution is -0.385. The summed E-state index contributed by atoms with van der Waals surface area (Å²) in [4.78, 5) is 22.1. The van der Waals surface area contributed by atoms with Crippen LogP contribution in [0.1, 0.15) is 12.0 Å². The molecule has 9 heteroatoms. The number of urea groups is 1. The highest BCUT2D eigenvalue weighted by atomic mass is 32.2. The van der Waals surface area contributed by atoms with Crippen molar-refractivity contribution in [3.63, 3.8) is 0 Å². The van der Waals surface area contributed by atoms with Crippen molar-refractivity contribution < 1.29 is 18.1 Å². The monoisotopic (exact) mass is 313 g/mol. The van der Waals surface area contributed by atoms with E-state index in [2.05, 4.69) is 10.6 Å². The number of nitrogens with one attached hydrogen (secondary N) is 2. The summed E-state index contributed by atoms with van der Waals surface area (Å²) >= 11 is 0. The van der Waals surface area contributed by atoms with Gasteiger partial charge in [0.15, 0.2) is 9.84 Å². The smallest absolute Gasteiger partial charge is 0.319 e. The Morgan fingerprint density at radius 2 is 2.14 bits per heavy atom. The van der Waals surface area contributed by atoms with Crippen molar-refractivity contribution in [2.45, 2.75) is 19.4 Å².